The van der Waals surface area contributed by atoms with Crippen LogP contribution in [0.3, 0.4) is 0 Å². The van der Waals surface area contributed by atoms with Gasteiger partial charge in [-0.25, -0.2) is 4.98 Å². The molecular weight excluding hydrogens is 256 g/mol. The van der Waals surface area contributed by atoms with Crippen LogP contribution < -0.4 is 0 Å². The molecule has 1 amide bonds. The largest absolute Gasteiger partial charge is 0.354 e. The summed E-state index contributed by atoms with van der Waals surface area (Å²) in [6.45, 7) is 5.44. The molecule has 0 radical (unpaired) electrons. The lowest BCUT2D eigenvalue weighted by atomic mass is 10.0. The van der Waals surface area contributed by atoms with Crippen molar-refractivity contribution in [2.24, 2.45) is 0 Å². The Morgan fingerprint density at radius 3 is 3.25 bits per heavy atom. The number of carbonyl (C=O) groups excluding carboxylic acids is 1. The van der Waals surface area contributed by atoms with E-state index in [9.17, 15) is 4.79 Å². The van der Waals surface area contributed by atoms with Crippen molar-refractivity contribution in [1.29, 1.82) is 0 Å². The number of rotatable bonds is 2. The van der Waals surface area contributed by atoms with E-state index in [1.165, 1.54) is 0 Å². The van der Waals surface area contributed by atoms with Gasteiger partial charge in [0.15, 0.2) is 5.72 Å². The minimum Gasteiger partial charge on any atom is -0.354 e. The summed E-state index contributed by atoms with van der Waals surface area (Å²) in [6, 6.07) is 0.186. The van der Waals surface area contributed by atoms with E-state index in [1.54, 1.807) is 6.33 Å². The number of hydrogen-bond donors (Lipinski definition) is 1. The minimum absolute atomic E-state index is 0.186. The zero-order chi connectivity index (χ0) is 13.7. The number of nitrogens with zero attached hydrogens (tertiary/aromatic N) is 3. The highest BCUT2D eigenvalue weighted by Crippen LogP contribution is 2.45. The second-order valence-corrected chi connectivity index (χ2v) is 6.01. The summed E-state index contributed by atoms with van der Waals surface area (Å²) in [6.07, 6.45) is 4.20. The highest BCUT2D eigenvalue weighted by molar-refractivity contribution is 5.81. The molecule has 4 rings (SSSR count). The molecular formula is C14H20N4O2. The van der Waals surface area contributed by atoms with Crippen LogP contribution in [0, 0.1) is 6.92 Å². The molecule has 2 atom stereocenters. The Hall–Kier alpha value is -1.40. The average Bonchev–Trinajstić information content (AvgIpc) is 3.07. The number of aromatic nitrogens is 2. The second kappa shape index (κ2) is 4.30. The normalized spacial score (nSPS) is 33.5. The van der Waals surface area contributed by atoms with Gasteiger partial charge in [0.2, 0.25) is 5.91 Å². The van der Waals surface area contributed by atoms with Crippen molar-refractivity contribution < 1.29 is 9.53 Å². The van der Waals surface area contributed by atoms with E-state index in [0.29, 0.717) is 6.42 Å². The Morgan fingerprint density at radius 1 is 1.55 bits per heavy atom. The SMILES string of the molecule is Cc1[nH]cnc1CN1CC[C@@]23OCCCN2C(=O)C[C@@H]13. The van der Waals surface area contributed by atoms with Gasteiger partial charge in [0.05, 0.1) is 24.7 Å². The van der Waals surface area contributed by atoms with Crippen LogP contribution in [0.2, 0.25) is 0 Å². The molecule has 0 aliphatic carbocycles. The fraction of sp³-hybridized carbons (Fsp3) is 0.714. The number of amides is 1. The zero-order valence-corrected chi connectivity index (χ0v) is 11.8. The fourth-order valence-electron chi connectivity index (χ4n) is 3.96. The number of ether oxygens (including phenoxy) is 1. The average molecular weight is 276 g/mol. The number of aromatic amines is 1. The standard InChI is InChI=1S/C14H20N4O2/c1-10-11(16-9-15-10)8-17-5-3-14-12(17)7-13(19)18(14)4-2-6-20-14/h9,12H,2-8H2,1H3,(H,15,16)/t12-,14+/m1/s1. The maximum Gasteiger partial charge on any atom is 0.226 e. The van der Waals surface area contributed by atoms with Crippen molar-refractivity contribution in [3.8, 4) is 0 Å². The van der Waals surface area contributed by atoms with E-state index in [2.05, 4.69) is 14.9 Å². The maximum atomic E-state index is 12.2. The lowest BCUT2D eigenvalue weighted by molar-refractivity contribution is -0.180. The number of nitrogens with one attached hydrogen (secondary N) is 1. The summed E-state index contributed by atoms with van der Waals surface area (Å²) in [7, 11) is 0. The molecule has 1 N–H and O–H groups in total. The summed E-state index contributed by atoms with van der Waals surface area (Å²) in [5.41, 5.74) is 1.83. The van der Waals surface area contributed by atoms with Crippen LogP contribution in [-0.4, -0.2) is 57.1 Å². The molecule has 4 heterocycles. The second-order valence-electron chi connectivity index (χ2n) is 6.01. The lowest BCUT2D eigenvalue weighted by Gasteiger charge is -2.42. The molecule has 3 aliphatic heterocycles. The van der Waals surface area contributed by atoms with Crippen LogP contribution in [-0.2, 0) is 16.1 Å². The Labute approximate surface area is 118 Å². The van der Waals surface area contributed by atoms with Crippen molar-refractivity contribution in [2.75, 3.05) is 19.7 Å². The van der Waals surface area contributed by atoms with E-state index < -0.39 is 0 Å². The lowest BCUT2D eigenvalue weighted by Crippen LogP contribution is -2.56. The van der Waals surface area contributed by atoms with E-state index in [-0.39, 0.29) is 17.7 Å². The first kappa shape index (κ1) is 12.3. The minimum atomic E-state index is -0.348. The summed E-state index contributed by atoms with van der Waals surface area (Å²) in [5, 5.41) is 0. The predicted octanol–water partition coefficient (Wildman–Crippen LogP) is 0.641. The third-order valence-electron chi connectivity index (χ3n) is 5.01. The molecule has 0 aromatic carbocycles. The van der Waals surface area contributed by atoms with E-state index in [0.717, 1.165) is 50.5 Å². The topological polar surface area (TPSA) is 61.5 Å². The highest BCUT2D eigenvalue weighted by Gasteiger charge is 2.60. The van der Waals surface area contributed by atoms with Gasteiger partial charge in [0.25, 0.3) is 0 Å². The fourth-order valence-corrected chi connectivity index (χ4v) is 3.96. The van der Waals surface area contributed by atoms with Gasteiger partial charge in [0, 0.05) is 38.2 Å². The molecule has 1 spiro atoms. The highest BCUT2D eigenvalue weighted by atomic mass is 16.5. The molecule has 0 saturated carbocycles. The van der Waals surface area contributed by atoms with E-state index >= 15 is 0 Å². The Balaban J connectivity index is 1.60. The van der Waals surface area contributed by atoms with Crippen molar-refractivity contribution >= 4 is 5.91 Å². The number of hydrogen-bond acceptors (Lipinski definition) is 4. The van der Waals surface area contributed by atoms with Gasteiger partial charge in [-0.05, 0) is 13.3 Å². The van der Waals surface area contributed by atoms with Gasteiger partial charge >= 0.3 is 0 Å². The third kappa shape index (κ3) is 1.58. The molecule has 3 fully saturated rings. The maximum absolute atomic E-state index is 12.2. The summed E-state index contributed by atoms with van der Waals surface area (Å²) < 4.78 is 6.10. The smallest absolute Gasteiger partial charge is 0.226 e. The first-order valence-corrected chi connectivity index (χ1v) is 7.38. The third-order valence-corrected chi connectivity index (χ3v) is 5.01. The Morgan fingerprint density at radius 2 is 2.45 bits per heavy atom. The van der Waals surface area contributed by atoms with Gasteiger partial charge in [-0.2, -0.15) is 0 Å². The van der Waals surface area contributed by atoms with Crippen molar-refractivity contribution in [3.05, 3.63) is 17.7 Å². The van der Waals surface area contributed by atoms with Gasteiger partial charge in [-0.1, -0.05) is 0 Å². The molecule has 6 nitrogen and oxygen atoms in total. The van der Waals surface area contributed by atoms with Crippen LogP contribution in [0.5, 0.6) is 0 Å². The Kier molecular flexibility index (Phi) is 2.65. The van der Waals surface area contributed by atoms with E-state index in [4.69, 9.17) is 4.74 Å². The molecule has 6 heteroatoms. The summed E-state index contributed by atoms with van der Waals surface area (Å²) in [5.74, 6) is 0.248. The van der Waals surface area contributed by atoms with Crippen LogP contribution in [0.25, 0.3) is 0 Å². The summed E-state index contributed by atoms with van der Waals surface area (Å²) >= 11 is 0. The van der Waals surface area contributed by atoms with Gasteiger partial charge in [-0.3, -0.25) is 9.69 Å². The van der Waals surface area contributed by atoms with Gasteiger partial charge in [-0.15, -0.1) is 0 Å². The molecule has 3 aliphatic rings. The van der Waals surface area contributed by atoms with Crippen molar-refractivity contribution in [1.82, 2.24) is 19.8 Å². The zero-order valence-electron chi connectivity index (χ0n) is 11.8. The molecule has 108 valence electrons. The quantitative estimate of drug-likeness (QED) is 0.861. The predicted molar refractivity (Wildman–Crippen MR) is 71.8 cm³/mol. The number of aryl methyl sites for hydroxylation is 1. The molecule has 0 unspecified atom stereocenters. The number of imidazole rings is 1. The molecule has 1 aromatic rings. The summed E-state index contributed by atoms with van der Waals surface area (Å²) in [4.78, 5) is 24.1. The molecule has 3 saturated heterocycles. The van der Waals surface area contributed by atoms with Crippen molar-refractivity contribution in [3.63, 3.8) is 0 Å². The van der Waals surface area contributed by atoms with E-state index in [1.807, 2.05) is 11.8 Å². The van der Waals surface area contributed by atoms with Gasteiger partial charge in [0.1, 0.15) is 0 Å². The van der Waals surface area contributed by atoms with Crippen molar-refractivity contribution in [2.45, 2.75) is 44.5 Å². The molecule has 1 aromatic heterocycles. The van der Waals surface area contributed by atoms with Gasteiger partial charge < -0.3 is 14.6 Å². The van der Waals surface area contributed by atoms with Crippen LogP contribution in [0.1, 0.15) is 30.7 Å². The van der Waals surface area contributed by atoms with Crippen LogP contribution in [0.15, 0.2) is 6.33 Å². The first-order valence-electron chi connectivity index (χ1n) is 7.38. The van der Waals surface area contributed by atoms with Crippen LogP contribution in [0.4, 0.5) is 0 Å². The first-order chi connectivity index (χ1) is 9.71. The molecule has 20 heavy (non-hydrogen) atoms. The molecule has 0 bridgehead atoms. The number of H-pyrrole nitrogens is 1. The monoisotopic (exact) mass is 276 g/mol. The Bertz CT molecular complexity index is 543. The van der Waals surface area contributed by atoms with Crippen LogP contribution >= 0.6 is 0 Å². The number of carbonyl (C=O) groups is 1. The number of likely N-dealkylation sites (tertiary alicyclic amines) is 1.